The van der Waals surface area contributed by atoms with Crippen molar-refractivity contribution < 1.29 is 9.84 Å². The molecule has 0 unspecified atom stereocenters. The fraction of sp³-hybridized carbons (Fsp3) is 0.304. The van der Waals surface area contributed by atoms with Crippen LogP contribution in [0.15, 0.2) is 29.4 Å². The molecule has 0 amide bonds. The molecule has 5 rings (SSSR count). The number of aliphatic imine (C=N–C) groups is 1. The lowest BCUT2D eigenvalue weighted by atomic mass is 10.1. The average molecular weight is 449 g/mol. The summed E-state index contributed by atoms with van der Waals surface area (Å²) in [4.78, 5) is 20.0. The molecule has 1 fully saturated rings. The molecule has 0 radical (unpaired) electrons. The van der Waals surface area contributed by atoms with Crippen LogP contribution < -0.4 is 20.8 Å². The van der Waals surface area contributed by atoms with Gasteiger partial charge in [-0.1, -0.05) is 11.3 Å². The molecule has 0 saturated carbocycles. The van der Waals surface area contributed by atoms with Crippen LogP contribution in [0.3, 0.4) is 0 Å². The number of aryl methyl sites for hydroxylation is 1. The number of nitrogens with zero attached hydrogens (tertiary/aromatic N) is 5. The van der Waals surface area contributed by atoms with E-state index in [-0.39, 0.29) is 12.0 Å². The van der Waals surface area contributed by atoms with E-state index >= 15 is 0 Å². The minimum atomic E-state index is -0.0588. The van der Waals surface area contributed by atoms with Crippen molar-refractivity contribution in [2.45, 2.75) is 25.9 Å². The van der Waals surface area contributed by atoms with E-state index in [2.05, 4.69) is 37.2 Å². The molecule has 0 aliphatic carbocycles. The van der Waals surface area contributed by atoms with E-state index in [1.54, 1.807) is 18.5 Å². The van der Waals surface area contributed by atoms with Crippen molar-refractivity contribution in [3.8, 4) is 11.6 Å². The first kappa shape index (κ1) is 20.6. The third-order valence-electron chi connectivity index (χ3n) is 5.57. The first-order valence-electron chi connectivity index (χ1n) is 10.6. The molecule has 9 heteroatoms. The van der Waals surface area contributed by atoms with Crippen LogP contribution in [0.4, 0.5) is 16.6 Å². The predicted molar refractivity (Wildman–Crippen MR) is 127 cm³/mol. The van der Waals surface area contributed by atoms with Crippen molar-refractivity contribution in [1.29, 1.82) is 0 Å². The zero-order valence-corrected chi connectivity index (χ0v) is 18.8. The number of thiazole rings is 1. The predicted octanol–water partition coefficient (Wildman–Crippen LogP) is 2.49. The van der Waals surface area contributed by atoms with E-state index in [9.17, 15) is 5.11 Å². The molecule has 164 valence electrons. The van der Waals surface area contributed by atoms with Crippen LogP contribution in [0.5, 0.6) is 11.6 Å². The number of ether oxygens (including phenoxy) is 1. The maximum absolute atomic E-state index is 10.3. The van der Waals surface area contributed by atoms with Crippen molar-refractivity contribution in [3.05, 3.63) is 45.5 Å². The first-order chi connectivity index (χ1) is 15.5. The Labute approximate surface area is 189 Å². The van der Waals surface area contributed by atoms with Crippen LogP contribution in [0.25, 0.3) is 12.2 Å². The molecule has 2 N–H and O–H groups in total. The summed E-state index contributed by atoms with van der Waals surface area (Å²) in [6.45, 7) is 4.16. The zero-order chi connectivity index (χ0) is 22.1. The lowest BCUT2D eigenvalue weighted by molar-refractivity contribution is 0.114. The number of likely N-dealkylation sites (tertiary alicyclic amines) is 1. The molecule has 8 nitrogen and oxygen atoms in total. The minimum Gasteiger partial charge on any atom is -0.492 e. The van der Waals surface area contributed by atoms with Gasteiger partial charge in [-0.2, -0.15) is 4.98 Å². The Morgan fingerprint density at radius 3 is 2.91 bits per heavy atom. The van der Waals surface area contributed by atoms with Crippen LogP contribution in [-0.4, -0.2) is 57.4 Å². The molecular weight excluding hydrogens is 424 g/mol. The minimum absolute atomic E-state index is 0.0588. The molecule has 4 heterocycles. The molecule has 0 spiro atoms. The molecule has 1 aromatic carbocycles. The van der Waals surface area contributed by atoms with Crippen LogP contribution in [-0.2, 0) is 0 Å². The molecule has 0 bridgehead atoms. The third-order valence-corrected chi connectivity index (χ3v) is 6.47. The van der Waals surface area contributed by atoms with E-state index in [0.717, 1.165) is 48.2 Å². The second-order valence-electron chi connectivity index (χ2n) is 8.03. The SMILES string of the molecule is Cc1cc(OC2CCN(C)CC2)ccc1Nc1nc(O)c(C=c2ncc3c(n2)N=CC=3)s1. The van der Waals surface area contributed by atoms with Gasteiger partial charge >= 0.3 is 0 Å². The van der Waals surface area contributed by atoms with Crippen molar-refractivity contribution in [3.63, 3.8) is 0 Å². The van der Waals surface area contributed by atoms with Gasteiger partial charge in [0, 0.05) is 42.5 Å². The number of aromatic hydroxyl groups is 1. The molecule has 32 heavy (non-hydrogen) atoms. The van der Waals surface area contributed by atoms with Crippen molar-refractivity contribution in [2.75, 3.05) is 25.5 Å². The summed E-state index contributed by atoms with van der Waals surface area (Å²) in [5.41, 5.74) is 2.44. The maximum atomic E-state index is 10.3. The summed E-state index contributed by atoms with van der Waals surface area (Å²) in [6.07, 6.45) is 9.34. The fourth-order valence-corrected chi connectivity index (χ4v) is 4.53. The first-order valence-corrected chi connectivity index (χ1v) is 11.4. The van der Waals surface area contributed by atoms with E-state index < -0.39 is 0 Å². The number of hydrogen-bond acceptors (Lipinski definition) is 9. The number of benzene rings is 1. The summed E-state index contributed by atoms with van der Waals surface area (Å²) in [6, 6.07) is 6.00. The Kier molecular flexibility index (Phi) is 5.59. The molecule has 2 aliphatic rings. The Morgan fingerprint density at radius 2 is 2.09 bits per heavy atom. The van der Waals surface area contributed by atoms with Gasteiger partial charge in [-0.25, -0.2) is 15.0 Å². The Hall–Kier alpha value is -3.30. The van der Waals surface area contributed by atoms with E-state index in [1.165, 1.54) is 11.3 Å². The quantitative estimate of drug-likeness (QED) is 0.619. The monoisotopic (exact) mass is 448 g/mol. The van der Waals surface area contributed by atoms with Crippen molar-refractivity contribution in [2.24, 2.45) is 4.99 Å². The highest BCUT2D eigenvalue weighted by atomic mass is 32.1. The zero-order valence-electron chi connectivity index (χ0n) is 17.9. The number of nitrogens with one attached hydrogen (secondary N) is 1. The molecule has 3 aromatic rings. The second-order valence-corrected chi connectivity index (χ2v) is 9.06. The lowest BCUT2D eigenvalue weighted by Crippen LogP contribution is -2.35. The van der Waals surface area contributed by atoms with Crippen LogP contribution >= 0.6 is 11.3 Å². The Morgan fingerprint density at radius 1 is 1.25 bits per heavy atom. The van der Waals surface area contributed by atoms with E-state index in [4.69, 9.17) is 4.74 Å². The second kappa shape index (κ2) is 8.68. The molecule has 1 saturated heterocycles. The highest BCUT2D eigenvalue weighted by Gasteiger charge is 2.18. The van der Waals surface area contributed by atoms with Gasteiger partial charge in [0.05, 0.1) is 4.88 Å². The summed E-state index contributed by atoms with van der Waals surface area (Å²) in [5.74, 6) is 1.45. The van der Waals surface area contributed by atoms with Gasteiger partial charge in [0.1, 0.15) is 11.9 Å². The highest BCUT2D eigenvalue weighted by molar-refractivity contribution is 7.16. The smallest absolute Gasteiger partial charge is 0.231 e. The highest BCUT2D eigenvalue weighted by Crippen LogP contribution is 2.32. The number of piperidine rings is 1. The fourth-order valence-electron chi connectivity index (χ4n) is 3.72. The number of hydrogen-bond donors (Lipinski definition) is 2. The number of aromatic nitrogens is 3. The lowest BCUT2D eigenvalue weighted by Gasteiger charge is -2.29. The Bertz CT molecular complexity index is 1290. The Balaban J connectivity index is 1.30. The molecule has 0 atom stereocenters. The standard InChI is InChI=1S/C23H24N6O2S/c1-14-11-17(31-16-6-9-29(2)10-7-16)3-4-18(14)26-23-28-22(30)19(32-23)12-20-25-13-15-5-8-24-21(15)27-20/h3-5,8,11-13,16,30H,6-7,9-10H2,1-2H3,(H,26,28). The maximum Gasteiger partial charge on any atom is 0.231 e. The number of rotatable bonds is 5. The van der Waals surface area contributed by atoms with Gasteiger partial charge in [0.25, 0.3) is 0 Å². The van der Waals surface area contributed by atoms with Crippen molar-refractivity contribution >= 4 is 46.3 Å². The summed E-state index contributed by atoms with van der Waals surface area (Å²) in [7, 11) is 2.15. The van der Waals surface area contributed by atoms with Crippen LogP contribution in [0, 0.1) is 6.92 Å². The molecular formula is C23H24N6O2S. The average Bonchev–Trinajstić information content (AvgIpc) is 3.38. The van der Waals surface area contributed by atoms with Crippen LogP contribution in [0.1, 0.15) is 23.3 Å². The van der Waals surface area contributed by atoms with Crippen molar-refractivity contribution in [1.82, 2.24) is 19.9 Å². The van der Waals surface area contributed by atoms with Crippen LogP contribution in [0.2, 0.25) is 0 Å². The van der Waals surface area contributed by atoms with Gasteiger partial charge in [-0.05, 0) is 56.7 Å². The van der Waals surface area contributed by atoms with E-state index in [0.29, 0.717) is 21.3 Å². The van der Waals surface area contributed by atoms with Gasteiger partial charge < -0.3 is 20.1 Å². The van der Waals surface area contributed by atoms with Gasteiger partial charge in [-0.3, -0.25) is 0 Å². The summed E-state index contributed by atoms with van der Waals surface area (Å²) < 4.78 is 6.17. The topological polar surface area (TPSA) is 95.8 Å². The van der Waals surface area contributed by atoms with E-state index in [1.807, 2.05) is 31.2 Å². The number of anilines is 2. The van der Waals surface area contributed by atoms with Gasteiger partial charge in [0.2, 0.25) is 5.88 Å². The van der Waals surface area contributed by atoms with Gasteiger partial charge in [-0.15, -0.1) is 0 Å². The summed E-state index contributed by atoms with van der Waals surface area (Å²) in [5, 5.41) is 15.1. The summed E-state index contributed by atoms with van der Waals surface area (Å²) >= 11 is 1.33. The molecule has 2 aliphatic heterocycles. The normalized spacial score (nSPS) is 16.8. The number of fused-ring (bicyclic) bond motifs is 1. The van der Waals surface area contributed by atoms with Gasteiger partial charge in [0.15, 0.2) is 16.4 Å². The largest absolute Gasteiger partial charge is 0.492 e. The third kappa shape index (κ3) is 4.49. The molecule has 2 aromatic heterocycles.